The van der Waals surface area contributed by atoms with Crippen LogP contribution >= 0.6 is 10.7 Å². The number of carbonyl (C=O) groups excluding carboxylic acids is 1. The number of hydrogen-bond donors (Lipinski definition) is 2. The molecule has 0 radical (unpaired) electrons. The fourth-order valence-corrected chi connectivity index (χ4v) is 2.20. The van der Waals surface area contributed by atoms with E-state index in [4.69, 9.17) is 10.7 Å². The Morgan fingerprint density at radius 3 is 1.95 bits per heavy atom. The summed E-state index contributed by atoms with van der Waals surface area (Å²) in [6.07, 6.45) is 3.10. The Hall–Kier alpha value is -2.12. The molecule has 8 heteroatoms. The smallest absolute Gasteiger partial charge is 0.308 e. The number of carbonyl (C=O) groups is 1. The van der Waals surface area contributed by atoms with Crippen molar-refractivity contribution in [3.05, 3.63) is 48.8 Å². The monoisotopic (exact) mass is 311 g/mol. The summed E-state index contributed by atoms with van der Waals surface area (Å²) in [5, 5.41) is 5.16. The van der Waals surface area contributed by atoms with Crippen molar-refractivity contribution in [1.82, 2.24) is 4.98 Å². The molecule has 0 spiro atoms. The van der Waals surface area contributed by atoms with Crippen LogP contribution in [-0.4, -0.2) is 19.4 Å². The van der Waals surface area contributed by atoms with E-state index in [0.717, 1.165) is 0 Å². The predicted molar refractivity (Wildman–Crippen MR) is 76.4 cm³/mol. The van der Waals surface area contributed by atoms with Gasteiger partial charge < -0.3 is 10.6 Å². The summed E-state index contributed by atoms with van der Waals surface area (Å²) in [6.45, 7) is 0. The summed E-state index contributed by atoms with van der Waals surface area (Å²) in [6, 6.07) is 8.35. The van der Waals surface area contributed by atoms with Crippen LogP contribution in [0.1, 0.15) is 0 Å². The van der Waals surface area contributed by atoms with Gasteiger partial charge in [0.1, 0.15) is 0 Å². The average molecular weight is 312 g/mol. The molecular formula is C12H10ClN3O3S. The molecule has 0 aliphatic rings. The summed E-state index contributed by atoms with van der Waals surface area (Å²) in [5.74, 6) is 0. The number of amides is 2. The number of halogens is 1. The van der Waals surface area contributed by atoms with E-state index in [0.29, 0.717) is 11.4 Å². The molecule has 0 aliphatic carbocycles. The number of nitrogens with one attached hydrogen (secondary N) is 2. The minimum absolute atomic E-state index is 0.0285. The summed E-state index contributed by atoms with van der Waals surface area (Å²) in [5.41, 5.74) is 1.04. The minimum atomic E-state index is -3.76. The highest BCUT2D eigenvalue weighted by Gasteiger charge is 2.09. The Kier molecular flexibility index (Phi) is 4.21. The third-order valence-corrected chi connectivity index (χ3v) is 3.70. The molecule has 20 heavy (non-hydrogen) atoms. The normalized spacial score (nSPS) is 10.8. The lowest BCUT2D eigenvalue weighted by Gasteiger charge is -2.07. The summed E-state index contributed by atoms with van der Waals surface area (Å²) in [7, 11) is 1.43. The highest BCUT2D eigenvalue weighted by Crippen LogP contribution is 2.17. The zero-order valence-electron chi connectivity index (χ0n) is 10.1. The second-order valence-corrected chi connectivity index (χ2v) is 6.34. The van der Waals surface area contributed by atoms with Gasteiger partial charge in [-0.2, -0.15) is 0 Å². The molecule has 0 saturated heterocycles. The fraction of sp³-hybridized carbons (Fsp3) is 0. The lowest BCUT2D eigenvalue weighted by Crippen LogP contribution is -2.19. The maximum absolute atomic E-state index is 11.7. The highest BCUT2D eigenvalue weighted by atomic mass is 35.7. The molecule has 1 aromatic heterocycles. The molecule has 2 rings (SSSR count). The number of aromatic nitrogens is 1. The molecule has 2 amide bonds. The van der Waals surface area contributed by atoms with Crippen molar-refractivity contribution in [2.45, 2.75) is 4.90 Å². The zero-order chi connectivity index (χ0) is 14.6. The molecule has 104 valence electrons. The number of benzene rings is 1. The summed E-state index contributed by atoms with van der Waals surface area (Å²) >= 11 is 0. The van der Waals surface area contributed by atoms with Crippen molar-refractivity contribution in [3.63, 3.8) is 0 Å². The van der Waals surface area contributed by atoms with Crippen LogP contribution in [0.15, 0.2) is 53.7 Å². The number of rotatable bonds is 3. The first-order valence-electron chi connectivity index (χ1n) is 5.48. The first-order chi connectivity index (χ1) is 9.45. The Morgan fingerprint density at radius 2 is 1.45 bits per heavy atom. The number of pyridine rings is 1. The lowest BCUT2D eigenvalue weighted by atomic mass is 10.3. The average Bonchev–Trinajstić information content (AvgIpc) is 2.39. The van der Waals surface area contributed by atoms with Gasteiger partial charge in [0.15, 0.2) is 0 Å². The number of nitrogens with zero attached hydrogens (tertiary/aromatic N) is 1. The van der Waals surface area contributed by atoms with Crippen molar-refractivity contribution < 1.29 is 13.2 Å². The number of hydrogen-bond acceptors (Lipinski definition) is 4. The number of anilines is 2. The maximum Gasteiger partial charge on any atom is 0.323 e. The van der Waals surface area contributed by atoms with Crippen LogP contribution < -0.4 is 10.6 Å². The van der Waals surface area contributed by atoms with Crippen molar-refractivity contribution in [3.8, 4) is 0 Å². The van der Waals surface area contributed by atoms with Crippen molar-refractivity contribution >= 4 is 37.1 Å². The minimum Gasteiger partial charge on any atom is -0.308 e. The predicted octanol–water partition coefficient (Wildman–Crippen LogP) is 2.65. The molecule has 2 N–H and O–H groups in total. The Labute approximate surface area is 120 Å². The van der Waals surface area contributed by atoms with Gasteiger partial charge in [0.05, 0.1) is 4.90 Å². The molecule has 1 aromatic carbocycles. The van der Waals surface area contributed by atoms with Crippen LogP contribution in [0.2, 0.25) is 0 Å². The van der Waals surface area contributed by atoms with E-state index in [9.17, 15) is 13.2 Å². The SMILES string of the molecule is O=C(Nc1ccncc1)Nc1ccc(S(=O)(=O)Cl)cc1. The van der Waals surface area contributed by atoms with Crippen LogP contribution in [-0.2, 0) is 9.05 Å². The van der Waals surface area contributed by atoms with Crippen LogP contribution in [0.4, 0.5) is 16.2 Å². The zero-order valence-corrected chi connectivity index (χ0v) is 11.6. The molecule has 0 atom stereocenters. The molecular weight excluding hydrogens is 302 g/mol. The summed E-state index contributed by atoms with van der Waals surface area (Å²) < 4.78 is 22.1. The second-order valence-electron chi connectivity index (χ2n) is 3.78. The van der Waals surface area contributed by atoms with E-state index in [1.165, 1.54) is 24.3 Å². The topological polar surface area (TPSA) is 88.2 Å². The van der Waals surface area contributed by atoms with Gasteiger partial charge in [-0.25, -0.2) is 13.2 Å². The van der Waals surface area contributed by atoms with Gasteiger partial charge >= 0.3 is 6.03 Å². The largest absolute Gasteiger partial charge is 0.323 e. The Morgan fingerprint density at radius 1 is 0.950 bits per heavy atom. The molecule has 0 aliphatic heterocycles. The van der Waals surface area contributed by atoms with Crippen LogP contribution in [0.5, 0.6) is 0 Å². The van der Waals surface area contributed by atoms with Gasteiger partial charge in [-0.05, 0) is 36.4 Å². The fourth-order valence-electron chi connectivity index (χ4n) is 1.43. The van der Waals surface area contributed by atoms with E-state index in [1.54, 1.807) is 24.5 Å². The highest BCUT2D eigenvalue weighted by molar-refractivity contribution is 8.13. The maximum atomic E-state index is 11.7. The van der Waals surface area contributed by atoms with Crippen molar-refractivity contribution in [1.29, 1.82) is 0 Å². The van der Waals surface area contributed by atoms with Crippen LogP contribution in [0.3, 0.4) is 0 Å². The van der Waals surface area contributed by atoms with Crippen molar-refractivity contribution in [2.24, 2.45) is 0 Å². The quantitative estimate of drug-likeness (QED) is 0.853. The third-order valence-electron chi connectivity index (χ3n) is 2.33. The third kappa shape index (κ3) is 3.94. The second kappa shape index (κ2) is 5.89. The Bertz CT molecular complexity index is 702. The van der Waals surface area contributed by atoms with Gasteiger partial charge in [0, 0.05) is 34.5 Å². The first-order valence-corrected chi connectivity index (χ1v) is 7.79. The van der Waals surface area contributed by atoms with Gasteiger partial charge in [-0.3, -0.25) is 4.98 Å². The van der Waals surface area contributed by atoms with Crippen LogP contribution in [0, 0.1) is 0 Å². The molecule has 2 aromatic rings. The van der Waals surface area contributed by atoms with Crippen LogP contribution in [0.25, 0.3) is 0 Å². The molecule has 0 saturated carbocycles. The Balaban J connectivity index is 2.02. The van der Waals surface area contributed by atoms with E-state index in [2.05, 4.69) is 15.6 Å². The molecule has 0 unspecified atom stereocenters. The van der Waals surface area contributed by atoms with E-state index in [1.807, 2.05) is 0 Å². The van der Waals surface area contributed by atoms with E-state index >= 15 is 0 Å². The van der Waals surface area contributed by atoms with Gasteiger partial charge in [-0.15, -0.1) is 0 Å². The lowest BCUT2D eigenvalue weighted by molar-refractivity contribution is 0.262. The van der Waals surface area contributed by atoms with E-state index < -0.39 is 15.1 Å². The molecule has 0 bridgehead atoms. The number of urea groups is 1. The van der Waals surface area contributed by atoms with Gasteiger partial charge in [0.2, 0.25) is 0 Å². The molecule has 1 heterocycles. The first kappa shape index (κ1) is 14.3. The van der Waals surface area contributed by atoms with Crippen molar-refractivity contribution in [2.75, 3.05) is 10.6 Å². The molecule has 0 fully saturated rings. The standard InChI is InChI=1S/C12H10ClN3O3S/c13-20(18,19)11-3-1-9(2-4-11)15-12(17)16-10-5-7-14-8-6-10/h1-8H,(H2,14,15,16,17). The van der Waals surface area contributed by atoms with Gasteiger partial charge in [0.25, 0.3) is 9.05 Å². The van der Waals surface area contributed by atoms with Gasteiger partial charge in [-0.1, -0.05) is 0 Å². The summed E-state index contributed by atoms with van der Waals surface area (Å²) in [4.78, 5) is 15.5. The van der Waals surface area contributed by atoms with E-state index in [-0.39, 0.29) is 4.90 Å². The molecule has 6 nitrogen and oxygen atoms in total.